The smallest absolute Gasteiger partial charge is 0.275 e. The number of benzene rings is 3. The van der Waals surface area contributed by atoms with Crippen molar-refractivity contribution < 1.29 is 9.90 Å². The van der Waals surface area contributed by atoms with Crippen molar-refractivity contribution in [3.8, 4) is 17.0 Å². The van der Waals surface area contributed by atoms with E-state index in [2.05, 4.69) is 20.7 Å². The Morgan fingerprint density at radius 3 is 2.57 bits per heavy atom. The molecule has 1 heterocycles. The number of aromatic nitrogens is 2. The second kappa shape index (κ2) is 7.36. The number of carbonyl (C=O) groups excluding carboxylic acids is 1. The third-order valence-corrected chi connectivity index (χ3v) is 4.49. The summed E-state index contributed by atoms with van der Waals surface area (Å²) in [6, 6.07) is 18.7. The third-order valence-electron chi connectivity index (χ3n) is 4.49. The quantitative estimate of drug-likeness (QED) is 0.374. The minimum absolute atomic E-state index is 0.0879. The van der Waals surface area contributed by atoms with E-state index in [-0.39, 0.29) is 11.3 Å². The van der Waals surface area contributed by atoms with Gasteiger partial charge >= 0.3 is 0 Å². The number of amides is 1. The molecular weight excluding hydrogens is 352 g/mol. The summed E-state index contributed by atoms with van der Waals surface area (Å²) in [4.78, 5) is 12.4. The molecule has 3 aromatic carbocycles. The van der Waals surface area contributed by atoms with Crippen molar-refractivity contribution in [1.29, 1.82) is 0 Å². The largest absolute Gasteiger partial charge is 0.507 e. The lowest BCUT2D eigenvalue weighted by atomic mass is 10.1. The summed E-state index contributed by atoms with van der Waals surface area (Å²) in [6.07, 6.45) is 3.16. The molecule has 4 rings (SSSR count). The summed E-state index contributed by atoms with van der Waals surface area (Å²) < 4.78 is 0. The highest BCUT2D eigenvalue weighted by Crippen LogP contribution is 2.25. The molecule has 0 radical (unpaired) electrons. The Balaban J connectivity index is 1.53. The van der Waals surface area contributed by atoms with Crippen molar-refractivity contribution >= 4 is 22.9 Å². The number of rotatable bonds is 4. The number of H-pyrrole nitrogens is 1. The van der Waals surface area contributed by atoms with Crippen molar-refractivity contribution in [2.24, 2.45) is 5.10 Å². The van der Waals surface area contributed by atoms with Gasteiger partial charge in [0.1, 0.15) is 5.75 Å². The molecule has 0 fully saturated rings. The maximum Gasteiger partial charge on any atom is 0.275 e. The van der Waals surface area contributed by atoms with E-state index in [1.807, 2.05) is 55.5 Å². The van der Waals surface area contributed by atoms with Crippen molar-refractivity contribution in [3.63, 3.8) is 0 Å². The summed E-state index contributed by atoms with van der Waals surface area (Å²) in [5.41, 5.74) is 6.32. The highest BCUT2D eigenvalue weighted by atomic mass is 16.3. The van der Waals surface area contributed by atoms with Gasteiger partial charge < -0.3 is 5.11 Å². The minimum atomic E-state index is -0.486. The molecule has 0 bridgehead atoms. The molecule has 1 amide bonds. The topological polar surface area (TPSA) is 90.4 Å². The van der Waals surface area contributed by atoms with E-state index in [0.717, 1.165) is 27.6 Å². The molecule has 4 aromatic rings. The Bertz CT molecular complexity index is 1180. The SMILES string of the molecule is Cc1ccc(-c2[nH]ncc2C=NNC(=O)c2cc3ccccc3cc2O)cc1. The van der Waals surface area contributed by atoms with Crippen LogP contribution < -0.4 is 5.43 Å². The van der Waals surface area contributed by atoms with Gasteiger partial charge in [-0.1, -0.05) is 54.1 Å². The van der Waals surface area contributed by atoms with Crippen LogP contribution in [0.2, 0.25) is 0 Å². The number of hydrazone groups is 1. The summed E-state index contributed by atoms with van der Waals surface area (Å²) in [5, 5.41) is 22.9. The number of nitrogens with one attached hydrogen (secondary N) is 2. The molecule has 0 saturated carbocycles. The predicted molar refractivity (Wildman–Crippen MR) is 109 cm³/mol. The zero-order valence-electron chi connectivity index (χ0n) is 15.2. The number of aromatic hydroxyl groups is 1. The van der Waals surface area contributed by atoms with E-state index in [0.29, 0.717) is 0 Å². The van der Waals surface area contributed by atoms with E-state index in [1.54, 1.807) is 18.3 Å². The molecule has 138 valence electrons. The first-order chi connectivity index (χ1) is 13.6. The number of phenols is 1. The van der Waals surface area contributed by atoms with Crippen LogP contribution in [0.4, 0.5) is 0 Å². The van der Waals surface area contributed by atoms with Crippen molar-refractivity contribution in [1.82, 2.24) is 15.6 Å². The molecule has 0 spiro atoms. The lowest BCUT2D eigenvalue weighted by Crippen LogP contribution is -2.17. The Morgan fingerprint density at radius 1 is 1.11 bits per heavy atom. The van der Waals surface area contributed by atoms with E-state index in [1.165, 1.54) is 11.8 Å². The van der Waals surface area contributed by atoms with Crippen LogP contribution in [-0.4, -0.2) is 27.4 Å². The molecule has 28 heavy (non-hydrogen) atoms. The van der Waals surface area contributed by atoms with E-state index >= 15 is 0 Å². The van der Waals surface area contributed by atoms with E-state index in [4.69, 9.17) is 0 Å². The monoisotopic (exact) mass is 370 g/mol. The van der Waals surface area contributed by atoms with Gasteiger partial charge in [-0.2, -0.15) is 10.2 Å². The van der Waals surface area contributed by atoms with Crippen LogP contribution in [0.3, 0.4) is 0 Å². The molecule has 3 N–H and O–H groups in total. The number of carbonyl (C=O) groups is 1. The third kappa shape index (κ3) is 3.48. The maximum absolute atomic E-state index is 12.4. The standard InChI is InChI=1S/C22H18N4O2/c1-14-6-8-15(9-7-14)21-18(12-23-25-21)13-24-26-22(28)19-10-16-4-2-3-5-17(16)11-20(19)27/h2-13,27H,1H3,(H,23,25)(H,26,28). The number of fused-ring (bicyclic) bond motifs is 1. The first-order valence-electron chi connectivity index (χ1n) is 8.77. The number of aromatic amines is 1. The van der Waals surface area contributed by atoms with Gasteiger partial charge in [0, 0.05) is 11.1 Å². The lowest BCUT2D eigenvalue weighted by molar-refractivity contribution is 0.0952. The van der Waals surface area contributed by atoms with Crippen LogP contribution in [0.1, 0.15) is 21.5 Å². The average molecular weight is 370 g/mol. The van der Waals surface area contributed by atoms with Gasteiger partial charge in [-0.3, -0.25) is 9.89 Å². The van der Waals surface area contributed by atoms with Crippen LogP contribution >= 0.6 is 0 Å². The van der Waals surface area contributed by atoms with Gasteiger partial charge in [0.25, 0.3) is 5.91 Å². The van der Waals surface area contributed by atoms with Crippen molar-refractivity contribution in [3.05, 3.63) is 83.6 Å². The second-order valence-electron chi connectivity index (χ2n) is 6.48. The molecule has 0 aliphatic rings. The zero-order chi connectivity index (χ0) is 19.5. The Labute approximate surface area is 161 Å². The lowest BCUT2D eigenvalue weighted by Gasteiger charge is -2.05. The molecule has 1 aromatic heterocycles. The van der Waals surface area contributed by atoms with Gasteiger partial charge in [-0.05, 0) is 29.8 Å². The minimum Gasteiger partial charge on any atom is -0.507 e. The first kappa shape index (κ1) is 17.5. The Kier molecular flexibility index (Phi) is 4.60. The Morgan fingerprint density at radius 2 is 1.82 bits per heavy atom. The molecule has 0 atom stereocenters. The highest BCUT2D eigenvalue weighted by Gasteiger charge is 2.12. The van der Waals surface area contributed by atoms with Gasteiger partial charge in [-0.25, -0.2) is 5.43 Å². The average Bonchev–Trinajstić information content (AvgIpc) is 3.16. The first-order valence-corrected chi connectivity index (χ1v) is 8.77. The maximum atomic E-state index is 12.4. The van der Waals surface area contributed by atoms with Crippen LogP contribution in [-0.2, 0) is 0 Å². The van der Waals surface area contributed by atoms with E-state index in [9.17, 15) is 9.90 Å². The summed E-state index contributed by atoms with van der Waals surface area (Å²) in [5.74, 6) is -0.574. The molecular formula is C22H18N4O2. The molecule has 6 nitrogen and oxygen atoms in total. The normalized spacial score (nSPS) is 11.2. The number of hydrogen-bond donors (Lipinski definition) is 3. The summed E-state index contributed by atoms with van der Waals surface area (Å²) in [6.45, 7) is 2.02. The van der Waals surface area contributed by atoms with Crippen LogP contribution in [0.25, 0.3) is 22.0 Å². The molecule has 6 heteroatoms. The molecule has 0 aliphatic heterocycles. The van der Waals surface area contributed by atoms with Gasteiger partial charge in [0.15, 0.2) is 0 Å². The summed E-state index contributed by atoms with van der Waals surface area (Å²) >= 11 is 0. The van der Waals surface area contributed by atoms with Crippen LogP contribution in [0.15, 0.2) is 72.0 Å². The Hall–Kier alpha value is -3.93. The van der Waals surface area contributed by atoms with Gasteiger partial charge in [0.05, 0.1) is 23.7 Å². The number of phenolic OH excluding ortho intramolecular Hbond substituents is 1. The number of aryl methyl sites for hydroxylation is 1. The zero-order valence-corrected chi connectivity index (χ0v) is 15.2. The fourth-order valence-electron chi connectivity index (χ4n) is 2.98. The fraction of sp³-hybridized carbons (Fsp3) is 0.0455. The molecule has 0 aliphatic carbocycles. The van der Waals surface area contributed by atoms with Crippen LogP contribution in [0, 0.1) is 6.92 Å². The second-order valence-corrected chi connectivity index (χ2v) is 6.48. The van der Waals surface area contributed by atoms with Crippen LogP contribution in [0.5, 0.6) is 5.75 Å². The van der Waals surface area contributed by atoms with Crippen molar-refractivity contribution in [2.75, 3.05) is 0 Å². The molecule has 0 saturated heterocycles. The van der Waals surface area contributed by atoms with E-state index < -0.39 is 5.91 Å². The summed E-state index contributed by atoms with van der Waals surface area (Å²) in [7, 11) is 0. The highest BCUT2D eigenvalue weighted by molar-refractivity contribution is 6.02. The van der Waals surface area contributed by atoms with Crippen molar-refractivity contribution in [2.45, 2.75) is 6.92 Å². The van der Waals surface area contributed by atoms with Gasteiger partial charge in [-0.15, -0.1) is 0 Å². The fourth-order valence-corrected chi connectivity index (χ4v) is 2.98. The predicted octanol–water partition coefficient (Wildman–Crippen LogP) is 4.01. The number of hydrogen-bond acceptors (Lipinski definition) is 4. The molecule has 0 unspecified atom stereocenters. The van der Waals surface area contributed by atoms with Gasteiger partial charge in [0.2, 0.25) is 0 Å². The number of nitrogens with zero attached hydrogens (tertiary/aromatic N) is 2.